The molecule has 1 nitrogen and oxygen atoms in total. The second kappa shape index (κ2) is 4.76. The highest BCUT2D eigenvalue weighted by atomic mass is 32.2. The van der Waals surface area contributed by atoms with Gasteiger partial charge in [0, 0.05) is 11.7 Å². The zero-order valence-corrected chi connectivity index (χ0v) is 10.6. The normalized spacial score (nSPS) is 30.3. The van der Waals surface area contributed by atoms with Crippen LogP contribution in [0.2, 0.25) is 0 Å². The van der Waals surface area contributed by atoms with E-state index in [1.165, 1.54) is 12.5 Å². The first-order valence-corrected chi connectivity index (χ1v) is 6.63. The van der Waals surface area contributed by atoms with E-state index in [0.717, 1.165) is 18.5 Å². The maximum Gasteiger partial charge on any atom is 0.126 e. The van der Waals surface area contributed by atoms with Gasteiger partial charge in [0.1, 0.15) is 5.82 Å². The van der Waals surface area contributed by atoms with Gasteiger partial charge < -0.3 is 5.32 Å². The molecular weight excluding hydrogens is 221 g/mol. The van der Waals surface area contributed by atoms with E-state index >= 15 is 0 Å². The minimum atomic E-state index is -0.0932. The molecule has 3 heteroatoms. The average Bonchev–Trinajstić information content (AvgIpc) is 2.21. The number of halogens is 1. The summed E-state index contributed by atoms with van der Waals surface area (Å²) in [4.78, 5) is -0.0279. The summed E-state index contributed by atoms with van der Waals surface area (Å²) in [6.45, 7) is 5.43. The van der Waals surface area contributed by atoms with Gasteiger partial charge in [-0.25, -0.2) is 4.39 Å². The van der Waals surface area contributed by atoms with Crippen LogP contribution in [-0.4, -0.2) is 16.7 Å². The van der Waals surface area contributed by atoms with Crippen LogP contribution >= 0.6 is 11.8 Å². The molecule has 0 bridgehead atoms. The Morgan fingerprint density at radius 3 is 2.94 bits per heavy atom. The first kappa shape index (κ1) is 11.9. The summed E-state index contributed by atoms with van der Waals surface area (Å²) >= 11 is 1.91. The van der Waals surface area contributed by atoms with Gasteiger partial charge in [0.25, 0.3) is 0 Å². The van der Waals surface area contributed by atoms with Gasteiger partial charge in [-0.3, -0.25) is 0 Å². The van der Waals surface area contributed by atoms with Crippen molar-refractivity contribution in [1.29, 1.82) is 0 Å². The van der Waals surface area contributed by atoms with Crippen LogP contribution in [0.5, 0.6) is 0 Å². The Morgan fingerprint density at radius 2 is 2.25 bits per heavy atom. The fourth-order valence-corrected chi connectivity index (χ4v) is 3.74. The van der Waals surface area contributed by atoms with Crippen molar-refractivity contribution in [2.75, 3.05) is 6.54 Å². The lowest BCUT2D eigenvalue weighted by molar-refractivity contribution is 0.458. The Morgan fingerprint density at radius 1 is 1.50 bits per heavy atom. The number of rotatable bonds is 2. The van der Waals surface area contributed by atoms with Gasteiger partial charge in [-0.2, -0.15) is 0 Å². The minimum Gasteiger partial charge on any atom is -0.303 e. The van der Waals surface area contributed by atoms with Crippen molar-refractivity contribution < 1.29 is 4.39 Å². The third kappa shape index (κ3) is 2.77. The summed E-state index contributed by atoms with van der Waals surface area (Å²) in [5.41, 5.74) is 0.805. The van der Waals surface area contributed by atoms with E-state index in [-0.39, 0.29) is 10.7 Å². The lowest BCUT2D eigenvalue weighted by Crippen LogP contribution is -2.47. The summed E-state index contributed by atoms with van der Waals surface area (Å²) in [7, 11) is 0. The molecule has 0 radical (unpaired) electrons. The summed E-state index contributed by atoms with van der Waals surface area (Å²) in [5.74, 6) is -0.0932. The van der Waals surface area contributed by atoms with Gasteiger partial charge in [0.15, 0.2) is 0 Å². The molecule has 1 fully saturated rings. The molecule has 1 aromatic carbocycles. The predicted octanol–water partition coefficient (Wildman–Crippen LogP) is 3.20. The molecule has 1 saturated heterocycles. The summed E-state index contributed by atoms with van der Waals surface area (Å²) < 4.78 is 13.6. The molecule has 1 aliphatic rings. The van der Waals surface area contributed by atoms with Gasteiger partial charge in [0.05, 0.1) is 4.87 Å². The van der Waals surface area contributed by atoms with Crippen molar-refractivity contribution in [2.24, 2.45) is 0 Å². The highest BCUT2D eigenvalue weighted by molar-refractivity contribution is 8.01. The fraction of sp³-hybridized carbons (Fsp3) is 0.538. The average molecular weight is 239 g/mol. The number of nitrogens with one attached hydrogen (secondary N) is 1. The summed E-state index contributed by atoms with van der Waals surface area (Å²) in [6.07, 6.45) is 1.94. The molecule has 0 spiro atoms. The maximum absolute atomic E-state index is 13.6. The molecule has 1 aromatic rings. The first-order chi connectivity index (χ1) is 7.59. The molecule has 0 aliphatic carbocycles. The van der Waals surface area contributed by atoms with E-state index in [1.807, 2.05) is 23.9 Å². The lowest BCUT2D eigenvalue weighted by Gasteiger charge is -2.37. The van der Waals surface area contributed by atoms with Crippen LogP contribution in [0.25, 0.3) is 0 Å². The van der Waals surface area contributed by atoms with E-state index in [9.17, 15) is 4.39 Å². The molecule has 0 saturated carbocycles. The number of thioether (sulfide) groups is 1. The lowest BCUT2D eigenvalue weighted by atomic mass is 10.1. The van der Waals surface area contributed by atoms with E-state index in [1.54, 1.807) is 6.07 Å². The van der Waals surface area contributed by atoms with Gasteiger partial charge in [-0.15, -0.1) is 11.8 Å². The van der Waals surface area contributed by atoms with Crippen LogP contribution in [0, 0.1) is 5.82 Å². The van der Waals surface area contributed by atoms with Crippen molar-refractivity contribution >= 4 is 11.8 Å². The van der Waals surface area contributed by atoms with Gasteiger partial charge in [-0.1, -0.05) is 25.1 Å². The van der Waals surface area contributed by atoms with E-state index in [0.29, 0.717) is 5.25 Å². The number of hydrogen-bond acceptors (Lipinski definition) is 2. The zero-order chi connectivity index (χ0) is 11.6. The highest BCUT2D eigenvalue weighted by Crippen LogP contribution is 2.35. The number of benzene rings is 1. The van der Waals surface area contributed by atoms with Crippen molar-refractivity contribution in [3.63, 3.8) is 0 Å². The molecule has 0 amide bonds. The molecule has 1 aliphatic heterocycles. The molecule has 1 N–H and O–H groups in total. The molecule has 1 heterocycles. The fourth-order valence-electron chi connectivity index (χ4n) is 2.19. The van der Waals surface area contributed by atoms with Gasteiger partial charge in [0.2, 0.25) is 0 Å². The molecule has 16 heavy (non-hydrogen) atoms. The Hall–Kier alpha value is -0.540. The molecule has 2 unspecified atom stereocenters. The van der Waals surface area contributed by atoms with E-state index < -0.39 is 0 Å². The molecule has 88 valence electrons. The molecule has 2 rings (SSSR count). The van der Waals surface area contributed by atoms with Crippen LogP contribution in [0.15, 0.2) is 24.3 Å². The van der Waals surface area contributed by atoms with Crippen LogP contribution in [0.3, 0.4) is 0 Å². The zero-order valence-electron chi connectivity index (χ0n) is 9.79. The third-order valence-electron chi connectivity index (χ3n) is 3.00. The standard InChI is InChI=1S/C13H18FNS/c1-10-7-8-15-13(2,16-10)9-11-5-3-4-6-12(11)14/h3-6,10,15H,7-9H2,1-2H3. The largest absolute Gasteiger partial charge is 0.303 e. The van der Waals surface area contributed by atoms with E-state index in [4.69, 9.17) is 0 Å². The summed E-state index contributed by atoms with van der Waals surface area (Å²) in [6, 6.07) is 7.06. The van der Waals surface area contributed by atoms with Crippen molar-refractivity contribution in [2.45, 2.75) is 36.8 Å². The minimum absolute atomic E-state index is 0.0279. The molecule has 2 atom stereocenters. The Bertz CT molecular complexity index is 369. The third-order valence-corrected chi connectivity index (χ3v) is 4.44. The Labute approximate surface area is 101 Å². The Kier molecular flexibility index (Phi) is 3.55. The monoisotopic (exact) mass is 239 g/mol. The second-order valence-corrected chi connectivity index (χ2v) is 6.58. The van der Waals surface area contributed by atoms with Crippen molar-refractivity contribution in [3.05, 3.63) is 35.6 Å². The SMILES string of the molecule is CC1CCNC(C)(Cc2ccccc2F)S1. The first-order valence-electron chi connectivity index (χ1n) is 5.75. The topological polar surface area (TPSA) is 12.0 Å². The van der Waals surface area contributed by atoms with Gasteiger partial charge >= 0.3 is 0 Å². The smallest absolute Gasteiger partial charge is 0.126 e. The van der Waals surface area contributed by atoms with Crippen LogP contribution < -0.4 is 5.32 Å². The van der Waals surface area contributed by atoms with Gasteiger partial charge in [-0.05, 0) is 31.5 Å². The Balaban J connectivity index is 2.11. The van der Waals surface area contributed by atoms with Crippen molar-refractivity contribution in [1.82, 2.24) is 5.32 Å². The van der Waals surface area contributed by atoms with Crippen LogP contribution in [-0.2, 0) is 6.42 Å². The summed E-state index contributed by atoms with van der Waals surface area (Å²) in [5, 5.41) is 4.15. The maximum atomic E-state index is 13.6. The quantitative estimate of drug-likeness (QED) is 0.850. The highest BCUT2D eigenvalue weighted by Gasteiger charge is 2.31. The number of hydrogen-bond donors (Lipinski definition) is 1. The van der Waals surface area contributed by atoms with Crippen LogP contribution in [0.4, 0.5) is 4.39 Å². The predicted molar refractivity (Wildman–Crippen MR) is 68.2 cm³/mol. The van der Waals surface area contributed by atoms with Crippen LogP contribution in [0.1, 0.15) is 25.8 Å². The van der Waals surface area contributed by atoms with E-state index in [2.05, 4.69) is 19.2 Å². The molecular formula is C13H18FNS. The van der Waals surface area contributed by atoms with Crippen molar-refractivity contribution in [3.8, 4) is 0 Å². The molecule has 0 aromatic heterocycles. The second-order valence-electron chi connectivity index (χ2n) is 4.64.